The molecule has 0 unspecified atom stereocenters. The van der Waals surface area contributed by atoms with Gasteiger partial charge in [-0.25, -0.2) is 0 Å². The maximum atomic E-state index is 11.3. The van der Waals surface area contributed by atoms with Crippen molar-refractivity contribution in [1.29, 1.82) is 0 Å². The van der Waals surface area contributed by atoms with Crippen molar-refractivity contribution in [3.05, 3.63) is 113 Å². The van der Waals surface area contributed by atoms with E-state index in [-0.39, 0.29) is 13.0 Å². The molecule has 0 amide bonds. The Balaban J connectivity index is 0.00000164. The van der Waals surface area contributed by atoms with Crippen LogP contribution in [0.15, 0.2) is 95.6 Å². The molecule has 0 bridgehead atoms. The number of carboxylic acid groups (broad SMARTS) is 1. The molecule has 1 aromatic heterocycles. The van der Waals surface area contributed by atoms with Gasteiger partial charge in [-0.3, -0.25) is 4.79 Å². The minimum atomic E-state index is -0.896. The van der Waals surface area contributed by atoms with Crippen LogP contribution in [0.3, 0.4) is 0 Å². The van der Waals surface area contributed by atoms with Gasteiger partial charge >= 0.3 is 5.97 Å². The van der Waals surface area contributed by atoms with Crippen LogP contribution in [0.1, 0.15) is 36.1 Å². The number of rotatable bonds is 8. The number of benzene rings is 4. The third-order valence-corrected chi connectivity index (χ3v) is 6.28. The smallest absolute Gasteiger partial charge is 0.307 e. The van der Waals surface area contributed by atoms with Crippen molar-refractivity contribution in [1.82, 2.24) is 0 Å². The molecule has 1 heterocycles. The van der Waals surface area contributed by atoms with Crippen LogP contribution in [0.5, 0.6) is 5.75 Å². The number of para-hydroxylation sites is 1. The number of fused-ring (bicyclic) bond motifs is 1. The number of carbonyl (C=O) groups is 1. The highest BCUT2D eigenvalue weighted by Crippen LogP contribution is 2.37. The van der Waals surface area contributed by atoms with Crippen LogP contribution in [0.2, 0.25) is 0 Å². The van der Waals surface area contributed by atoms with Gasteiger partial charge in [-0.1, -0.05) is 80.1 Å². The van der Waals surface area contributed by atoms with Gasteiger partial charge in [0.05, 0.1) is 12.7 Å². The fourth-order valence-corrected chi connectivity index (χ4v) is 4.48. The van der Waals surface area contributed by atoms with Crippen molar-refractivity contribution in [2.24, 2.45) is 5.73 Å². The number of hydrogen-bond acceptors (Lipinski definition) is 4. The fourth-order valence-electron chi connectivity index (χ4n) is 4.48. The van der Waals surface area contributed by atoms with Crippen LogP contribution in [0.4, 0.5) is 0 Å². The topological polar surface area (TPSA) is 85.7 Å². The highest BCUT2D eigenvalue weighted by atomic mass is 16.5. The molecule has 5 heteroatoms. The SMILES string of the molecule is CC.Cc1cccc(-c2cc(-c3cccc(CN)c3)cc3c(COc4ccccc4CC(=O)O)coc23)c1. The molecule has 5 rings (SSSR count). The molecule has 0 fully saturated rings. The quantitative estimate of drug-likeness (QED) is 0.224. The Morgan fingerprint density at radius 3 is 2.39 bits per heavy atom. The lowest BCUT2D eigenvalue weighted by atomic mass is 9.94. The van der Waals surface area contributed by atoms with Crippen LogP contribution in [0.25, 0.3) is 33.2 Å². The molecule has 0 spiro atoms. The van der Waals surface area contributed by atoms with Crippen molar-refractivity contribution in [3.8, 4) is 28.0 Å². The maximum Gasteiger partial charge on any atom is 0.307 e. The Labute approximate surface area is 223 Å². The molecule has 5 nitrogen and oxygen atoms in total. The number of ether oxygens (including phenoxy) is 1. The van der Waals surface area contributed by atoms with E-state index >= 15 is 0 Å². The number of furan rings is 1. The van der Waals surface area contributed by atoms with E-state index in [1.54, 1.807) is 18.4 Å². The van der Waals surface area contributed by atoms with E-state index in [0.29, 0.717) is 17.9 Å². The number of nitrogens with two attached hydrogens (primary N) is 1. The zero-order valence-corrected chi connectivity index (χ0v) is 22.0. The van der Waals surface area contributed by atoms with Crippen LogP contribution >= 0.6 is 0 Å². The minimum absolute atomic E-state index is 0.0958. The van der Waals surface area contributed by atoms with E-state index in [1.807, 2.05) is 44.2 Å². The zero-order valence-electron chi connectivity index (χ0n) is 22.0. The van der Waals surface area contributed by atoms with Crippen molar-refractivity contribution >= 4 is 16.9 Å². The van der Waals surface area contributed by atoms with E-state index in [9.17, 15) is 9.90 Å². The molecule has 5 aromatic rings. The van der Waals surface area contributed by atoms with Crippen molar-refractivity contribution in [2.45, 2.75) is 40.3 Å². The summed E-state index contributed by atoms with van der Waals surface area (Å²) in [6.07, 6.45) is 1.63. The minimum Gasteiger partial charge on any atom is -0.488 e. The summed E-state index contributed by atoms with van der Waals surface area (Å²) >= 11 is 0. The summed E-state index contributed by atoms with van der Waals surface area (Å²) in [5.74, 6) is -0.341. The van der Waals surface area contributed by atoms with E-state index < -0.39 is 5.97 Å². The second-order valence-corrected chi connectivity index (χ2v) is 8.90. The summed E-state index contributed by atoms with van der Waals surface area (Å²) in [5.41, 5.74) is 14.7. The van der Waals surface area contributed by atoms with Crippen molar-refractivity contribution in [3.63, 3.8) is 0 Å². The highest BCUT2D eigenvalue weighted by Gasteiger charge is 2.16. The fraction of sp³-hybridized carbons (Fsp3) is 0.182. The van der Waals surface area contributed by atoms with E-state index in [4.69, 9.17) is 14.9 Å². The molecular formula is C33H33NO4. The molecule has 0 aliphatic rings. The summed E-state index contributed by atoms with van der Waals surface area (Å²) < 4.78 is 12.2. The summed E-state index contributed by atoms with van der Waals surface area (Å²) in [5, 5.41) is 10.2. The zero-order chi connectivity index (χ0) is 27.1. The van der Waals surface area contributed by atoms with Crippen LogP contribution < -0.4 is 10.5 Å². The third-order valence-electron chi connectivity index (χ3n) is 6.28. The number of carboxylic acids is 1. The van der Waals surface area contributed by atoms with Gasteiger partial charge in [0.15, 0.2) is 0 Å². The predicted molar refractivity (Wildman–Crippen MR) is 153 cm³/mol. The summed E-state index contributed by atoms with van der Waals surface area (Å²) in [6.45, 7) is 6.80. The van der Waals surface area contributed by atoms with Crippen molar-refractivity contribution < 1.29 is 19.1 Å². The van der Waals surface area contributed by atoms with Crippen LogP contribution in [-0.2, 0) is 24.4 Å². The summed E-state index contributed by atoms with van der Waals surface area (Å²) in [7, 11) is 0. The van der Waals surface area contributed by atoms with Crippen molar-refractivity contribution in [2.75, 3.05) is 0 Å². The Kier molecular flexibility index (Phi) is 8.62. The molecule has 3 N–H and O–H groups in total. The molecule has 0 atom stereocenters. The van der Waals surface area contributed by atoms with Gasteiger partial charge in [-0.15, -0.1) is 0 Å². The van der Waals surface area contributed by atoms with Gasteiger partial charge in [0.2, 0.25) is 0 Å². The summed E-state index contributed by atoms with van der Waals surface area (Å²) in [6, 6.07) is 28.1. The second kappa shape index (κ2) is 12.3. The molecule has 0 saturated carbocycles. The Bertz CT molecular complexity index is 1550. The lowest BCUT2D eigenvalue weighted by molar-refractivity contribution is -0.136. The van der Waals surface area contributed by atoms with Gasteiger partial charge < -0.3 is 20.0 Å². The first kappa shape index (κ1) is 26.7. The molecule has 4 aromatic carbocycles. The molecule has 0 radical (unpaired) electrons. The Morgan fingerprint density at radius 2 is 1.63 bits per heavy atom. The molecule has 0 aliphatic heterocycles. The van der Waals surface area contributed by atoms with E-state index in [1.165, 1.54) is 5.56 Å². The highest BCUT2D eigenvalue weighted by molar-refractivity contribution is 5.98. The second-order valence-electron chi connectivity index (χ2n) is 8.90. The number of aliphatic carboxylic acids is 1. The lowest BCUT2D eigenvalue weighted by Crippen LogP contribution is -2.04. The first-order valence-corrected chi connectivity index (χ1v) is 12.8. The molecule has 38 heavy (non-hydrogen) atoms. The largest absolute Gasteiger partial charge is 0.488 e. The van der Waals surface area contributed by atoms with Gasteiger partial charge in [0.1, 0.15) is 17.9 Å². The third kappa shape index (κ3) is 5.96. The van der Waals surface area contributed by atoms with Crippen LogP contribution in [0, 0.1) is 6.92 Å². The molecule has 194 valence electrons. The van der Waals surface area contributed by atoms with Gasteiger partial charge in [0.25, 0.3) is 0 Å². The van der Waals surface area contributed by atoms with E-state index in [0.717, 1.165) is 44.3 Å². The maximum absolute atomic E-state index is 11.3. The van der Waals surface area contributed by atoms with Crippen LogP contribution in [-0.4, -0.2) is 11.1 Å². The number of aryl methyl sites for hydroxylation is 1. The normalized spacial score (nSPS) is 10.6. The predicted octanol–water partition coefficient (Wildman–Crippen LogP) is 7.77. The molecule has 0 saturated heterocycles. The summed E-state index contributed by atoms with van der Waals surface area (Å²) in [4.78, 5) is 11.3. The molecular weight excluding hydrogens is 474 g/mol. The first-order valence-electron chi connectivity index (χ1n) is 12.8. The monoisotopic (exact) mass is 507 g/mol. The standard InChI is InChI=1S/C31H27NO4.C2H6/c1-20-6-4-10-23(12-20)27-14-25(22-9-5-7-21(13-22)17-32)15-28-26(19-36-31(27)28)18-35-29-11-3-2-8-24(29)16-30(33)34;1-2/h2-15,19H,16-18,32H2,1H3,(H,33,34);1-2H3. The average molecular weight is 508 g/mol. The van der Waals surface area contributed by atoms with Gasteiger partial charge in [-0.05, 0) is 53.4 Å². The van der Waals surface area contributed by atoms with Gasteiger partial charge in [0, 0.05) is 28.6 Å². The Morgan fingerprint density at radius 1 is 0.868 bits per heavy atom. The first-order chi connectivity index (χ1) is 18.5. The lowest BCUT2D eigenvalue weighted by Gasteiger charge is -2.11. The van der Waals surface area contributed by atoms with Gasteiger partial charge in [-0.2, -0.15) is 0 Å². The average Bonchev–Trinajstić information content (AvgIpc) is 3.36. The van der Waals surface area contributed by atoms with E-state index in [2.05, 4.69) is 49.4 Å². The number of hydrogen-bond donors (Lipinski definition) is 2. The molecule has 0 aliphatic carbocycles. The Hall–Kier alpha value is -4.35.